The predicted molar refractivity (Wildman–Crippen MR) is 133 cm³/mol. The van der Waals surface area contributed by atoms with Crippen molar-refractivity contribution < 1.29 is 9.59 Å². The van der Waals surface area contributed by atoms with Gasteiger partial charge in [0.05, 0.1) is 11.9 Å². The highest BCUT2D eigenvalue weighted by atomic mass is 16.2. The van der Waals surface area contributed by atoms with Crippen molar-refractivity contribution in [1.29, 1.82) is 0 Å². The normalized spacial score (nSPS) is 16.8. The van der Waals surface area contributed by atoms with Gasteiger partial charge in [-0.3, -0.25) is 19.3 Å². The molecule has 0 bridgehead atoms. The molecule has 0 saturated heterocycles. The smallest absolute Gasteiger partial charge is 0.271 e. The van der Waals surface area contributed by atoms with Crippen molar-refractivity contribution in [3.63, 3.8) is 0 Å². The average molecular weight is 471 g/mol. The van der Waals surface area contributed by atoms with Crippen LogP contribution in [0.3, 0.4) is 0 Å². The molecule has 2 amide bonds. The summed E-state index contributed by atoms with van der Waals surface area (Å²) in [5, 5.41) is 8.61. The maximum atomic E-state index is 12.8. The molecular weight excluding hydrogens is 444 g/mol. The van der Waals surface area contributed by atoms with Gasteiger partial charge in [-0.05, 0) is 54.0 Å². The number of hydrogen-bond acceptors (Lipinski definition) is 7. The van der Waals surface area contributed by atoms with Gasteiger partial charge < -0.3 is 16.0 Å². The Labute approximate surface area is 202 Å². The van der Waals surface area contributed by atoms with Crippen molar-refractivity contribution in [3.05, 3.63) is 59.8 Å². The van der Waals surface area contributed by atoms with Crippen molar-refractivity contribution in [2.75, 3.05) is 25.1 Å². The van der Waals surface area contributed by atoms with Crippen molar-refractivity contribution in [3.8, 4) is 11.3 Å². The van der Waals surface area contributed by atoms with Crippen molar-refractivity contribution in [1.82, 2.24) is 29.6 Å². The molecule has 0 aliphatic heterocycles. The molecule has 4 aromatic heterocycles. The molecule has 4 aromatic rings. The molecule has 178 valence electrons. The summed E-state index contributed by atoms with van der Waals surface area (Å²) < 4.78 is 1.74. The van der Waals surface area contributed by atoms with Gasteiger partial charge in [0.25, 0.3) is 5.91 Å². The fourth-order valence-electron chi connectivity index (χ4n) is 4.25. The second-order valence-corrected chi connectivity index (χ2v) is 9.15. The lowest BCUT2D eigenvalue weighted by Gasteiger charge is -2.13. The monoisotopic (exact) mass is 470 g/mol. The molecule has 1 fully saturated rings. The van der Waals surface area contributed by atoms with E-state index in [0.29, 0.717) is 28.4 Å². The lowest BCUT2D eigenvalue weighted by molar-refractivity contribution is -0.117. The van der Waals surface area contributed by atoms with Crippen molar-refractivity contribution in [2.24, 2.45) is 13.0 Å². The maximum Gasteiger partial charge on any atom is 0.271 e. The minimum absolute atomic E-state index is 0.0610. The minimum atomic E-state index is -0.168. The van der Waals surface area contributed by atoms with E-state index in [9.17, 15) is 9.59 Å². The summed E-state index contributed by atoms with van der Waals surface area (Å²) in [7, 11) is 5.24. The number of carbonyl (C=O) groups excluding carboxylic acids is 2. The van der Waals surface area contributed by atoms with E-state index in [4.69, 9.17) is 5.73 Å². The van der Waals surface area contributed by atoms with Crippen LogP contribution in [0.25, 0.3) is 22.0 Å². The molecule has 0 unspecified atom stereocenters. The Hall–Kier alpha value is -4.34. The van der Waals surface area contributed by atoms with Crippen LogP contribution in [0.1, 0.15) is 34.0 Å². The molecule has 5 rings (SSSR count). The van der Waals surface area contributed by atoms with Gasteiger partial charge >= 0.3 is 0 Å². The standard InChI is InChI=1S/C25H26N8O2/c1-13-5-21(25(35)32(2)3)27-10-18(13)20-6-14-7-22(28-11-19(14)23(26)30-20)31-24(34)17-8-16(17)15-9-29-33(4)12-15/h5-7,9-12,16-17H,8H2,1-4H3,(H2,26,30)(H,28,31,34)/t16-,17+/m0/s1. The molecule has 10 nitrogen and oxygen atoms in total. The van der Waals surface area contributed by atoms with Gasteiger partial charge in [-0.2, -0.15) is 5.10 Å². The van der Waals surface area contributed by atoms with Crippen molar-refractivity contribution >= 4 is 34.2 Å². The quantitative estimate of drug-likeness (QED) is 0.458. The van der Waals surface area contributed by atoms with E-state index in [1.807, 2.05) is 32.4 Å². The van der Waals surface area contributed by atoms with Crippen LogP contribution in [-0.4, -0.2) is 55.5 Å². The van der Waals surface area contributed by atoms with Crippen LogP contribution in [0.2, 0.25) is 0 Å². The highest BCUT2D eigenvalue weighted by molar-refractivity contribution is 5.99. The van der Waals surface area contributed by atoms with E-state index < -0.39 is 0 Å². The van der Waals surface area contributed by atoms with E-state index in [2.05, 4.69) is 25.4 Å². The van der Waals surface area contributed by atoms with Crippen LogP contribution in [-0.2, 0) is 11.8 Å². The molecular formula is C25H26N8O2. The molecule has 0 radical (unpaired) electrons. The number of amides is 2. The predicted octanol–water partition coefficient (Wildman–Crippen LogP) is 2.76. The van der Waals surface area contributed by atoms with Crippen LogP contribution < -0.4 is 11.1 Å². The first-order valence-electron chi connectivity index (χ1n) is 11.3. The summed E-state index contributed by atoms with van der Waals surface area (Å²) in [4.78, 5) is 39.7. The summed E-state index contributed by atoms with van der Waals surface area (Å²) >= 11 is 0. The van der Waals surface area contributed by atoms with Crippen LogP contribution in [0.15, 0.2) is 43.0 Å². The van der Waals surface area contributed by atoms with Gasteiger partial charge in [0.15, 0.2) is 0 Å². The Balaban J connectivity index is 1.40. The largest absolute Gasteiger partial charge is 0.383 e. The number of aromatic nitrogens is 5. The first-order chi connectivity index (χ1) is 16.7. The number of rotatable bonds is 5. The SMILES string of the molecule is Cc1cc(C(=O)N(C)C)ncc1-c1cc2cc(NC(=O)[C@@H]3C[C@H]3c3cnn(C)c3)ncc2c(N)n1. The number of aryl methyl sites for hydroxylation is 2. The molecule has 35 heavy (non-hydrogen) atoms. The highest BCUT2D eigenvalue weighted by Crippen LogP contribution is 2.47. The van der Waals surface area contributed by atoms with Gasteiger partial charge in [-0.15, -0.1) is 0 Å². The average Bonchev–Trinajstić information content (AvgIpc) is 3.51. The van der Waals surface area contributed by atoms with E-state index in [1.54, 1.807) is 43.3 Å². The second kappa shape index (κ2) is 8.46. The topological polar surface area (TPSA) is 132 Å². The number of fused-ring (bicyclic) bond motifs is 1. The number of carbonyl (C=O) groups is 2. The zero-order valence-electron chi connectivity index (χ0n) is 20.0. The highest BCUT2D eigenvalue weighted by Gasteiger charge is 2.44. The van der Waals surface area contributed by atoms with Crippen LogP contribution in [0.5, 0.6) is 0 Å². The third kappa shape index (κ3) is 4.30. The number of nitrogens with zero attached hydrogens (tertiary/aromatic N) is 6. The van der Waals surface area contributed by atoms with Gasteiger partial charge in [0, 0.05) is 56.6 Å². The number of pyridine rings is 3. The summed E-state index contributed by atoms with van der Waals surface area (Å²) in [6, 6.07) is 5.42. The number of anilines is 2. The van der Waals surface area contributed by atoms with E-state index in [0.717, 1.165) is 28.5 Å². The van der Waals surface area contributed by atoms with Crippen LogP contribution >= 0.6 is 0 Å². The van der Waals surface area contributed by atoms with Gasteiger partial charge in [-0.1, -0.05) is 0 Å². The third-order valence-electron chi connectivity index (χ3n) is 6.29. The second-order valence-electron chi connectivity index (χ2n) is 9.15. The number of nitrogens with two attached hydrogens (primary N) is 1. The fourth-order valence-corrected chi connectivity index (χ4v) is 4.25. The van der Waals surface area contributed by atoms with Gasteiger partial charge in [-0.25, -0.2) is 9.97 Å². The Kier molecular flexibility index (Phi) is 5.43. The minimum Gasteiger partial charge on any atom is -0.383 e. The molecule has 0 spiro atoms. The summed E-state index contributed by atoms with van der Waals surface area (Å²) in [6.07, 6.45) is 7.80. The summed E-state index contributed by atoms with van der Waals surface area (Å²) in [5.41, 5.74) is 9.93. The fraction of sp³-hybridized carbons (Fsp3) is 0.280. The summed E-state index contributed by atoms with van der Waals surface area (Å²) in [5.74, 6) is 0.653. The van der Waals surface area contributed by atoms with Gasteiger partial charge in [0.2, 0.25) is 5.91 Å². The Morgan fingerprint density at radius 2 is 1.94 bits per heavy atom. The van der Waals surface area contributed by atoms with E-state index in [1.165, 1.54) is 4.90 Å². The lowest BCUT2D eigenvalue weighted by atomic mass is 10.0. The van der Waals surface area contributed by atoms with Gasteiger partial charge in [0.1, 0.15) is 17.3 Å². The molecule has 1 aliphatic carbocycles. The molecule has 1 aliphatic rings. The molecule has 2 atom stereocenters. The zero-order valence-corrected chi connectivity index (χ0v) is 20.0. The first-order valence-corrected chi connectivity index (χ1v) is 11.3. The molecule has 1 saturated carbocycles. The summed E-state index contributed by atoms with van der Waals surface area (Å²) in [6.45, 7) is 1.90. The van der Waals surface area contributed by atoms with Crippen molar-refractivity contribution in [2.45, 2.75) is 19.3 Å². The number of hydrogen-bond donors (Lipinski definition) is 2. The Bertz CT molecular complexity index is 1480. The first kappa shape index (κ1) is 22.5. The molecule has 4 heterocycles. The Morgan fingerprint density at radius 1 is 1.14 bits per heavy atom. The number of nitrogens with one attached hydrogen (secondary N) is 1. The molecule has 10 heteroatoms. The third-order valence-corrected chi connectivity index (χ3v) is 6.29. The lowest BCUT2D eigenvalue weighted by Crippen LogP contribution is -2.22. The van der Waals surface area contributed by atoms with E-state index in [-0.39, 0.29) is 23.7 Å². The molecule has 0 aromatic carbocycles. The maximum absolute atomic E-state index is 12.8. The number of nitrogen functional groups attached to an aromatic ring is 1. The Morgan fingerprint density at radius 3 is 2.63 bits per heavy atom. The van der Waals surface area contributed by atoms with Crippen LogP contribution in [0.4, 0.5) is 11.6 Å². The van der Waals surface area contributed by atoms with E-state index >= 15 is 0 Å². The van der Waals surface area contributed by atoms with Crippen LogP contribution in [0, 0.1) is 12.8 Å². The zero-order chi connectivity index (χ0) is 24.9. The molecule has 3 N–H and O–H groups in total.